The molecule has 0 amide bonds. The lowest BCUT2D eigenvalue weighted by atomic mass is 10.0. The topological polar surface area (TPSA) is 23.5 Å². The molecule has 242 valence electrons. The molecule has 0 aromatic heterocycles. The third-order valence-electron chi connectivity index (χ3n) is 5.24. The summed E-state index contributed by atoms with van der Waals surface area (Å²) in [5, 5.41) is 9.38. The van der Waals surface area contributed by atoms with E-state index in [0.717, 1.165) is 12.8 Å². The first kappa shape index (κ1) is 51.0. The maximum Gasteiger partial charge on any atom is 0.0537 e. The zero-order chi connectivity index (χ0) is 31.4. The SMILES string of the molecule is C=CN(C)/C=C\C.CCC.CCC.CCC.CCCCCCC.CCCCCCCCCCCCC(O)CC. The van der Waals surface area contributed by atoms with Crippen LogP contribution in [0.15, 0.2) is 25.1 Å². The molecular formula is C37H83NO. The van der Waals surface area contributed by atoms with Crippen molar-refractivity contribution in [1.82, 2.24) is 4.90 Å². The molecule has 0 heterocycles. The quantitative estimate of drug-likeness (QED) is 0.169. The summed E-state index contributed by atoms with van der Waals surface area (Å²) in [7, 11) is 1.94. The number of aliphatic hydroxyl groups excluding tert-OH is 1. The maximum absolute atomic E-state index is 9.38. The van der Waals surface area contributed by atoms with Gasteiger partial charge in [0, 0.05) is 7.05 Å². The summed E-state index contributed by atoms with van der Waals surface area (Å²) >= 11 is 0. The van der Waals surface area contributed by atoms with Gasteiger partial charge in [-0.15, -0.1) is 0 Å². The number of unbranched alkanes of at least 4 members (excludes halogenated alkanes) is 13. The molecule has 2 nitrogen and oxygen atoms in total. The van der Waals surface area contributed by atoms with Crippen molar-refractivity contribution in [3.05, 3.63) is 25.1 Å². The Hall–Kier alpha value is -0.760. The Morgan fingerprint density at radius 1 is 0.564 bits per heavy atom. The monoisotopic (exact) mass is 558 g/mol. The molecule has 0 aliphatic carbocycles. The number of hydrogen-bond acceptors (Lipinski definition) is 2. The summed E-state index contributed by atoms with van der Waals surface area (Å²) in [6.45, 7) is 27.1. The summed E-state index contributed by atoms with van der Waals surface area (Å²) in [5.41, 5.74) is 0. The molecule has 0 spiro atoms. The van der Waals surface area contributed by atoms with Crippen molar-refractivity contribution in [2.45, 2.75) is 211 Å². The lowest BCUT2D eigenvalue weighted by Crippen LogP contribution is -2.03. The van der Waals surface area contributed by atoms with Crippen LogP contribution in [-0.4, -0.2) is 23.2 Å². The van der Waals surface area contributed by atoms with Gasteiger partial charge in [0.2, 0.25) is 0 Å². The molecule has 1 atom stereocenters. The van der Waals surface area contributed by atoms with E-state index in [2.05, 4.69) is 75.8 Å². The van der Waals surface area contributed by atoms with E-state index in [-0.39, 0.29) is 6.10 Å². The summed E-state index contributed by atoms with van der Waals surface area (Å²) in [5.74, 6) is 0. The van der Waals surface area contributed by atoms with Gasteiger partial charge in [-0.05, 0) is 32.2 Å². The molecule has 2 heteroatoms. The number of allylic oxidation sites excluding steroid dienone is 1. The zero-order valence-electron chi connectivity index (χ0n) is 30.1. The standard InChI is InChI=1S/C15H32O.C7H16.C6H11N.3C3H8/c1-3-5-6-7-8-9-10-11-12-13-14-15(16)4-2;1-3-5-7-6-4-2;1-4-6-7(3)5-2;3*1-3-2/h15-16H,3-14H2,1-2H3;3-7H2,1-2H3;4-6H,2H2,1,3H3;3*3H2,1-2H3/b;;6-4-;;;. The largest absolute Gasteiger partial charge is 0.393 e. The van der Waals surface area contributed by atoms with E-state index in [1.54, 1.807) is 6.20 Å². The minimum Gasteiger partial charge on any atom is -0.393 e. The predicted molar refractivity (Wildman–Crippen MR) is 188 cm³/mol. The van der Waals surface area contributed by atoms with E-state index >= 15 is 0 Å². The molecule has 1 unspecified atom stereocenters. The van der Waals surface area contributed by atoms with Gasteiger partial charge >= 0.3 is 0 Å². The molecule has 39 heavy (non-hydrogen) atoms. The van der Waals surface area contributed by atoms with Crippen molar-refractivity contribution in [3.8, 4) is 0 Å². The average molecular weight is 558 g/mol. The molecule has 0 saturated carbocycles. The zero-order valence-corrected chi connectivity index (χ0v) is 30.1. The fraction of sp³-hybridized carbons (Fsp3) is 0.892. The molecule has 0 fully saturated rings. The van der Waals surface area contributed by atoms with Crippen molar-refractivity contribution in [3.63, 3.8) is 0 Å². The first-order valence-electron chi connectivity index (χ1n) is 17.4. The van der Waals surface area contributed by atoms with Gasteiger partial charge in [0.05, 0.1) is 6.10 Å². The Morgan fingerprint density at radius 2 is 0.846 bits per heavy atom. The molecule has 0 aliphatic rings. The maximum atomic E-state index is 9.38. The Labute approximate surface area is 252 Å². The van der Waals surface area contributed by atoms with Gasteiger partial charge in [0.1, 0.15) is 0 Å². The molecule has 0 aromatic rings. The predicted octanol–water partition coefficient (Wildman–Crippen LogP) is 13.9. The molecule has 0 aliphatic heterocycles. The van der Waals surface area contributed by atoms with Gasteiger partial charge in [-0.1, -0.05) is 197 Å². The Balaban J connectivity index is -0.0000000985. The summed E-state index contributed by atoms with van der Waals surface area (Å²) in [6.07, 6.45) is 32.0. The average Bonchev–Trinajstić information content (AvgIpc) is 2.92. The highest BCUT2D eigenvalue weighted by molar-refractivity contribution is 4.81. The molecule has 1 N–H and O–H groups in total. The highest BCUT2D eigenvalue weighted by Crippen LogP contribution is 2.12. The summed E-state index contributed by atoms with van der Waals surface area (Å²) in [6, 6.07) is 0. The van der Waals surface area contributed by atoms with Crippen LogP contribution in [0.5, 0.6) is 0 Å². The van der Waals surface area contributed by atoms with Crippen LogP contribution in [0.4, 0.5) is 0 Å². The van der Waals surface area contributed by atoms with Gasteiger partial charge in [0.25, 0.3) is 0 Å². The van der Waals surface area contributed by atoms with Crippen LogP contribution in [0.1, 0.15) is 205 Å². The number of aliphatic hydroxyl groups is 1. The van der Waals surface area contributed by atoms with Crippen molar-refractivity contribution < 1.29 is 5.11 Å². The van der Waals surface area contributed by atoms with E-state index in [1.807, 2.05) is 31.1 Å². The highest BCUT2D eigenvalue weighted by atomic mass is 16.3. The van der Waals surface area contributed by atoms with E-state index in [0.29, 0.717) is 0 Å². The molecule has 0 bridgehead atoms. The van der Waals surface area contributed by atoms with E-state index in [4.69, 9.17) is 0 Å². The van der Waals surface area contributed by atoms with Crippen molar-refractivity contribution >= 4 is 0 Å². The third kappa shape index (κ3) is 93.5. The lowest BCUT2D eigenvalue weighted by molar-refractivity contribution is 0.156. The van der Waals surface area contributed by atoms with E-state index in [1.165, 1.54) is 116 Å². The van der Waals surface area contributed by atoms with Gasteiger partial charge in [-0.25, -0.2) is 0 Å². The van der Waals surface area contributed by atoms with Crippen molar-refractivity contribution in [2.75, 3.05) is 7.05 Å². The van der Waals surface area contributed by atoms with Crippen LogP contribution < -0.4 is 0 Å². The number of rotatable bonds is 18. The Morgan fingerprint density at radius 3 is 1.08 bits per heavy atom. The van der Waals surface area contributed by atoms with Crippen LogP contribution >= 0.6 is 0 Å². The lowest BCUT2D eigenvalue weighted by Gasteiger charge is -2.06. The summed E-state index contributed by atoms with van der Waals surface area (Å²) in [4.78, 5) is 1.89. The van der Waals surface area contributed by atoms with Crippen molar-refractivity contribution in [1.29, 1.82) is 0 Å². The minimum atomic E-state index is -0.0472. The van der Waals surface area contributed by atoms with E-state index in [9.17, 15) is 5.11 Å². The molecule has 0 aromatic carbocycles. The first-order valence-corrected chi connectivity index (χ1v) is 17.4. The van der Waals surface area contributed by atoms with Gasteiger partial charge in [0.15, 0.2) is 0 Å². The molecule has 0 saturated heterocycles. The van der Waals surface area contributed by atoms with Crippen LogP contribution in [0, 0.1) is 0 Å². The molecule has 0 rings (SSSR count). The van der Waals surface area contributed by atoms with Crippen molar-refractivity contribution in [2.24, 2.45) is 0 Å². The smallest absolute Gasteiger partial charge is 0.0537 e. The van der Waals surface area contributed by atoms with Crippen LogP contribution in [0.2, 0.25) is 0 Å². The molecular weight excluding hydrogens is 474 g/mol. The second kappa shape index (κ2) is 61.3. The highest BCUT2D eigenvalue weighted by Gasteiger charge is 1.99. The molecule has 0 radical (unpaired) electrons. The Kier molecular flexibility index (Phi) is 80.2. The number of hydrogen-bond donors (Lipinski definition) is 1. The Bertz CT molecular complexity index is 345. The fourth-order valence-corrected chi connectivity index (χ4v) is 3.04. The van der Waals surface area contributed by atoms with Gasteiger partial charge in [-0.3, -0.25) is 0 Å². The van der Waals surface area contributed by atoms with Crippen LogP contribution in [0.3, 0.4) is 0 Å². The normalized spacial score (nSPS) is 10.1. The van der Waals surface area contributed by atoms with Gasteiger partial charge < -0.3 is 10.0 Å². The summed E-state index contributed by atoms with van der Waals surface area (Å²) < 4.78 is 0. The first-order chi connectivity index (χ1) is 18.8. The third-order valence-corrected chi connectivity index (χ3v) is 5.24. The second-order valence-corrected chi connectivity index (χ2v) is 10.5. The van der Waals surface area contributed by atoms with Crippen LogP contribution in [0.25, 0.3) is 0 Å². The van der Waals surface area contributed by atoms with E-state index < -0.39 is 0 Å². The fourth-order valence-electron chi connectivity index (χ4n) is 3.04. The second-order valence-electron chi connectivity index (χ2n) is 10.5. The van der Waals surface area contributed by atoms with Crippen LogP contribution in [-0.2, 0) is 0 Å². The number of nitrogens with zero attached hydrogens (tertiary/aromatic N) is 1. The minimum absolute atomic E-state index is 0.0472. The van der Waals surface area contributed by atoms with Gasteiger partial charge in [-0.2, -0.15) is 0 Å².